The second-order valence-electron chi connectivity index (χ2n) is 7.81. The molecule has 4 N–H and O–H groups in total. The normalized spacial score (nSPS) is 24.2. The monoisotopic (exact) mass is 548 g/mol. The second kappa shape index (κ2) is 10.7. The number of methoxy groups -OCH3 is 1. The molecule has 1 aliphatic rings. The van der Waals surface area contributed by atoms with E-state index in [1.165, 1.54) is 47.4 Å². The molecule has 0 aromatic carbocycles. The first-order chi connectivity index (χ1) is 17.5. The third-order valence-electron chi connectivity index (χ3n) is 5.59. The molecular formula is C21H21ClN8O4S2. The van der Waals surface area contributed by atoms with Crippen LogP contribution in [-0.4, -0.2) is 82.6 Å². The fourth-order valence-electron chi connectivity index (χ4n) is 3.93. The zero-order valence-corrected chi connectivity index (χ0v) is 21.1. The molecule has 1 saturated heterocycles. The summed E-state index contributed by atoms with van der Waals surface area (Å²) < 4.78 is 13.4. The lowest BCUT2D eigenvalue weighted by Crippen LogP contribution is -2.55. The Hall–Kier alpha value is -2.72. The molecule has 0 radical (unpaired) electrons. The minimum atomic E-state index is -1.13. The van der Waals surface area contributed by atoms with Gasteiger partial charge in [0.1, 0.15) is 47.5 Å². The van der Waals surface area contributed by atoms with E-state index in [-0.39, 0.29) is 0 Å². The third-order valence-corrected chi connectivity index (χ3v) is 7.65. The number of halogens is 1. The van der Waals surface area contributed by atoms with E-state index in [1.54, 1.807) is 30.0 Å². The van der Waals surface area contributed by atoms with Crippen molar-refractivity contribution in [2.24, 2.45) is 0 Å². The van der Waals surface area contributed by atoms with E-state index in [0.29, 0.717) is 37.7 Å². The highest BCUT2D eigenvalue weighted by Crippen LogP contribution is 2.42. The molecule has 12 nitrogen and oxygen atoms in total. The SMILES string of the molecule is COC1C(n2cc(-c3csc(N)n3)nn2)[C@@H](O)C(CO)O[C@@H]1Sc1cc(Cl)cnc1-c1cncnc1. The second-order valence-corrected chi connectivity index (χ2v) is 10.3. The molecular weight excluding hydrogens is 528 g/mol. The molecule has 4 aromatic heterocycles. The number of hydrogen-bond acceptors (Lipinski definition) is 13. The molecule has 4 aromatic rings. The molecule has 188 valence electrons. The Morgan fingerprint density at radius 2 is 2.08 bits per heavy atom. The summed E-state index contributed by atoms with van der Waals surface area (Å²) in [5.74, 6) is 0. The summed E-state index contributed by atoms with van der Waals surface area (Å²) in [6.45, 7) is -0.414. The van der Waals surface area contributed by atoms with Crippen LogP contribution in [0.1, 0.15) is 6.04 Å². The summed E-state index contributed by atoms with van der Waals surface area (Å²) in [5.41, 5.74) is 7.44. The molecule has 5 heterocycles. The number of rotatable bonds is 7. The number of aromatic nitrogens is 7. The Bertz CT molecular complexity index is 1330. The molecule has 5 rings (SSSR count). The van der Waals surface area contributed by atoms with Crippen LogP contribution in [0.2, 0.25) is 5.02 Å². The van der Waals surface area contributed by atoms with Gasteiger partial charge in [0.15, 0.2) is 5.13 Å². The van der Waals surface area contributed by atoms with Gasteiger partial charge < -0.3 is 25.4 Å². The lowest BCUT2D eigenvalue weighted by Gasteiger charge is -2.43. The Labute approximate surface area is 218 Å². The first-order valence-electron chi connectivity index (χ1n) is 10.7. The first-order valence-corrected chi connectivity index (χ1v) is 12.8. The summed E-state index contributed by atoms with van der Waals surface area (Å²) in [5, 5.41) is 32.1. The van der Waals surface area contributed by atoms with Gasteiger partial charge in [0.2, 0.25) is 0 Å². The van der Waals surface area contributed by atoms with Crippen LogP contribution >= 0.6 is 34.7 Å². The zero-order valence-electron chi connectivity index (χ0n) is 18.7. The van der Waals surface area contributed by atoms with E-state index in [4.69, 9.17) is 26.8 Å². The van der Waals surface area contributed by atoms with Gasteiger partial charge in [0, 0.05) is 41.5 Å². The van der Waals surface area contributed by atoms with Gasteiger partial charge in [-0.15, -0.1) is 16.4 Å². The number of ether oxygens (including phenoxy) is 2. The van der Waals surface area contributed by atoms with Crippen molar-refractivity contribution >= 4 is 39.8 Å². The van der Waals surface area contributed by atoms with Crippen molar-refractivity contribution in [1.82, 2.24) is 34.9 Å². The van der Waals surface area contributed by atoms with Gasteiger partial charge in [-0.1, -0.05) is 28.6 Å². The Morgan fingerprint density at radius 1 is 1.28 bits per heavy atom. The van der Waals surface area contributed by atoms with E-state index in [0.717, 1.165) is 0 Å². The van der Waals surface area contributed by atoms with Gasteiger partial charge in [-0.2, -0.15) is 0 Å². The van der Waals surface area contributed by atoms with E-state index >= 15 is 0 Å². The summed E-state index contributed by atoms with van der Waals surface area (Å²) in [6.07, 6.45) is 5.19. The average Bonchev–Trinajstić information content (AvgIpc) is 3.54. The van der Waals surface area contributed by atoms with E-state index in [1.807, 2.05) is 0 Å². The van der Waals surface area contributed by atoms with Crippen molar-refractivity contribution in [3.63, 3.8) is 0 Å². The smallest absolute Gasteiger partial charge is 0.180 e. The summed E-state index contributed by atoms with van der Waals surface area (Å²) in [4.78, 5) is 17.5. The van der Waals surface area contributed by atoms with Gasteiger partial charge in [-0.25, -0.2) is 19.6 Å². The van der Waals surface area contributed by atoms with Crippen molar-refractivity contribution in [2.75, 3.05) is 19.5 Å². The number of nitrogen functional groups attached to an aromatic ring is 1. The first kappa shape index (κ1) is 25.0. The molecule has 15 heteroatoms. The highest BCUT2D eigenvalue weighted by Gasteiger charge is 2.47. The minimum Gasteiger partial charge on any atom is -0.394 e. The lowest BCUT2D eigenvalue weighted by molar-refractivity contribution is -0.186. The predicted octanol–water partition coefficient (Wildman–Crippen LogP) is 1.92. The molecule has 5 atom stereocenters. The van der Waals surface area contributed by atoms with Crippen LogP contribution < -0.4 is 5.73 Å². The van der Waals surface area contributed by atoms with E-state index < -0.39 is 36.4 Å². The third kappa shape index (κ3) is 4.93. The molecule has 0 spiro atoms. The number of thioether (sulfide) groups is 1. The number of nitrogens with two attached hydrogens (primary N) is 1. The quantitative estimate of drug-likeness (QED) is 0.307. The van der Waals surface area contributed by atoms with E-state index in [9.17, 15) is 10.2 Å². The van der Waals surface area contributed by atoms with Crippen LogP contribution in [0, 0.1) is 0 Å². The molecule has 1 fully saturated rings. The number of hydrogen-bond donors (Lipinski definition) is 3. The average molecular weight is 549 g/mol. The van der Waals surface area contributed by atoms with Crippen LogP contribution in [0.5, 0.6) is 0 Å². The topological polar surface area (TPSA) is 167 Å². The molecule has 36 heavy (non-hydrogen) atoms. The maximum Gasteiger partial charge on any atom is 0.180 e. The molecule has 3 unspecified atom stereocenters. The van der Waals surface area contributed by atoms with Crippen LogP contribution in [0.4, 0.5) is 5.13 Å². The number of aliphatic hydroxyl groups excluding tert-OH is 2. The Balaban J connectivity index is 1.49. The van der Waals surface area contributed by atoms with E-state index in [2.05, 4.69) is 30.2 Å². The predicted molar refractivity (Wildman–Crippen MR) is 133 cm³/mol. The molecule has 0 bridgehead atoms. The van der Waals surface area contributed by atoms with Crippen LogP contribution in [-0.2, 0) is 9.47 Å². The summed E-state index contributed by atoms with van der Waals surface area (Å²) in [7, 11) is 1.52. The van der Waals surface area contributed by atoms with Gasteiger partial charge in [0.25, 0.3) is 0 Å². The van der Waals surface area contributed by atoms with Crippen molar-refractivity contribution in [3.05, 3.63) is 47.6 Å². The summed E-state index contributed by atoms with van der Waals surface area (Å²) >= 11 is 8.85. The zero-order chi connectivity index (χ0) is 25.2. The van der Waals surface area contributed by atoms with Crippen molar-refractivity contribution in [3.8, 4) is 22.6 Å². The number of anilines is 1. The lowest BCUT2D eigenvalue weighted by atomic mass is 9.97. The number of nitrogens with zero attached hydrogens (tertiary/aromatic N) is 7. The Morgan fingerprint density at radius 3 is 2.78 bits per heavy atom. The number of aliphatic hydroxyl groups is 2. The maximum atomic E-state index is 11.1. The van der Waals surface area contributed by atoms with Gasteiger partial charge in [-0.05, 0) is 6.07 Å². The standard InChI is InChI=1S/C21H21ClN8O4S2/c1-33-19-17(30-6-12(28-29-30)13-8-35-21(23)27-13)18(32)14(7-31)34-20(19)36-15-2-11(22)5-26-16(15)10-3-24-9-25-4-10/h2-6,8-9,14,17-20,31-32H,7H2,1H3,(H2,23,27)/t14?,17?,18-,19?,20+/m0/s1. The highest BCUT2D eigenvalue weighted by atomic mass is 35.5. The largest absolute Gasteiger partial charge is 0.394 e. The van der Waals surface area contributed by atoms with Crippen LogP contribution in [0.25, 0.3) is 22.6 Å². The molecule has 0 amide bonds. The highest BCUT2D eigenvalue weighted by molar-refractivity contribution is 8.00. The fourth-order valence-corrected chi connectivity index (χ4v) is 6.04. The summed E-state index contributed by atoms with van der Waals surface area (Å²) in [6, 6.07) is 1.03. The Kier molecular flexibility index (Phi) is 7.43. The molecule has 0 saturated carbocycles. The van der Waals surface area contributed by atoms with Crippen molar-refractivity contribution in [2.45, 2.75) is 34.7 Å². The van der Waals surface area contributed by atoms with Crippen molar-refractivity contribution in [1.29, 1.82) is 0 Å². The fraction of sp³-hybridized carbons (Fsp3) is 0.333. The van der Waals surface area contributed by atoms with Gasteiger partial charge in [0.05, 0.1) is 23.5 Å². The molecule has 0 aliphatic carbocycles. The molecule has 1 aliphatic heterocycles. The van der Waals surface area contributed by atoms with Crippen LogP contribution in [0.15, 0.2) is 47.5 Å². The van der Waals surface area contributed by atoms with Gasteiger partial charge >= 0.3 is 0 Å². The van der Waals surface area contributed by atoms with Crippen LogP contribution in [0.3, 0.4) is 0 Å². The van der Waals surface area contributed by atoms with Gasteiger partial charge in [-0.3, -0.25) is 4.98 Å². The number of thiazole rings is 1. The minimum absolute atomic E-state index is 0.409. The maximum absolute atomic E-state index is 11.1. The van der Waals surface area contributed by atoms with Crippen molar-refractivity contribution < 1.29 is 19.7 Å². The number of pyridine rings is 1.